The smallest absolute Gasteiger partial charge is 0.410 e. The van der Waals surface area contributed by atoms with Gasteiger partial charge in [-0.05, 0) is 18.4 Å². The Bertz CT molecular complexity index is 500. The van der Waals surface area contributed by atoms with Gasteiger partial charge in [-0.15, -0.1) is 13.2 Å². The standard InChI is InChI=1S/C18H23NO3/c1-3-5-12-19-16(14-22-18(19)20)17(9-4-2)21-13-15-10-7-6-8-11-15/h3-4,6-8,10-11,16-17H,1-2,5,9,12-14H2/t16-,17-/m1/s1. The minimum Gasteiger partial charge on any atom is -0.447 e. The highest BCUT2D eigenvalue weighted by Gasteiger charge is 2.37. The number of amides is 1. The summed E-state index contributed by atoms with van der Waals surface area (Å²) in [6, 6.07) is 9.92. The Morgan fingerprint density at radius 2 is 2.09 bits per heavy atom. The molecule has 1 aromatic rings. The lowest BCUT2D eigenvalue weighted by atomic mass is 10.1. The molecule has 0 unspecified atom stereocenters. The number of carbonyl (C=O) groups excluding carboxylic acids is 1. The molecule has 0 aromatic heterocycles. The number of nitrogens with zero attached hydrogens (tertiary/aromatic N) is 1. The van der Waals surface area contributed by atoms with E-state index in [0.717, 1.165) is 12.0 Å². The van der Waals surface area contributed by atoms with Crippen molar-refractivity contribution in [1.82, 2.24) is 4.90 Å². The molecule has 4 heteroatoms. The van der Waals surface area contributed by atoms with E-state index in [1.54, 1.807) is 11.0 Å². The Balaban J connectivity index is 2.00. The summed E-state index contributed by atoms with van der Waals surface area (Å²) in [6.07, 6.45) is 4.66. The molecule has 0 saturated carbocycles. The number of ether oxygens (including phenoxy) is 2. The van der Waals surface area contributed by atoms with E-state index in [4.69, 9.17) is 9.47 Å². The minimum absolute atomic E-state index is 0.0748. The van der Waals surface area contributed by atoms with Crippen molar-refractivity contribution < 1.29 is 14.3 Å². The third-order valence-electron chi connectivity index (χ3n) is 3.72. The molecule has 1 fully saturated rings. The first-order valence-corrected chi connectivity index (χ1v) is 7.57. The van der Waals surface area contributed by atoms with Crippen LogP contribution in [-0.2, 0) is 16.1 Å². The van der Waals surface area contributed by atoms with Gasteiger partial charge in [0.1, 0.15) is 6.61 Å². The molecule has 118 valence electrons. The average molecular weight is 301 g/mol. The zero-order valence-corrected chi connectivity index (χ0v) is 12.8. The molecule has 1 aromatic carbocycles. The monoisotopic (exact) mass is 301 g/mol. The summed E-state index contributed by atoms with van der Waals surface area (Å²) in [5, 5.41) is 0. The van der Waals surface area contributed by atoms with Crippen molar-refractivity contribution in [2.45, 2.75) is 31.6 Å². The van der Waals surface area contributed by atoms with Crippen LogP contribution in [0.4, 0.5) is 4.79 Å². The van der Waals surface area contributed by atoms with Gasteiger partial charge in [0.2, 0.25) is 0 Å². The number of rotatable bonds is 9. The first-order valence-electron chi connectivity index (χ1n) is 7.57. The van der Waals surface area contributed by atoms with Crippen LogP contribution in [0.1, 0.15) is 18.4 Å². The lowest BCUT2D eigenvalue weighted by Crippen LogP contribution is -2.43. The second-order valence-corrected chi connectivity index (χ2v) is 5.27. The molecule has 2 rings (SSSR count). The quantitative estimate of drug-likeness (QED) is 0.655. The lowest BCUT2D eigenvalue weighted by molar-refractivity contribution is -0.00267. The molecule has 4 nitrogen and oxygen atoms in total. The van der Waals surface area contributed by atoms with E-state index >= 15 is 0 Å². The molecule has 1 saturated heterocycles. The van der Waals surface area contributed by atoms with Crippen LogP contribution < -0.4 is 0 Å². The van der Waals surface area contributed by atoms with Crippen LogP contribution in [0.25, 0.3) is 0 Å². The van der Waals surface area contributed by atoms with Gasteiger partial charge in [-0.25, -0.2) is 4.79 Å². The highest BCUT2D eigenvalue weighted by molar-refractivity contribution is 5.70. The van der Waals surface area contributed by atoms with E-state index in [9.17, 15) is 4.79 Å². The molecule has 0 bridgehead atoms. The molecule has 1 aliphatic rings. The second-order valence-electron chi connectivity index (χ2n) is 5.27. The highest BCUT2D eigenvalue weighted by Crippen LogP contribution is 2.21. The molecule has 0 spiro atoms. The van der Waals surface area contributed by atoms with Crippen molar-refractivity contribution in [1.29, 1.82) is 0 Å². The topological polar surface area (TPSA) is 38.8 Å². The van der Waals surface area contributed by atoms with Gasteiger partial charge in [0.25, 0.3) is 0 Å². The van der Waals surface area contributed by atoms with Crippen LogP contribution in [0.5, 0.6) is 0 Å². The summed E-state index contributed by atoms with van der Waals surface area (Å²) < 4.78 is 11.2. The fourth-order valence-corrected chi connectivity index (χ4v) is 2.54. The Morgan fingerprint density at radius 3 is 2.77 bits per heavy atom. The van der Waals surface area contributed by atoms with Crippen molar-refractivity contribution in [3.8, 4) is 0 Å². The summed E-state index contributed by atoms with van der Waals surface area (Å²) in [4.78, 5) is 13.6. The van der Waals surface area contributed by atoms with Gasteiger partial charge in [0.05, 0.1) is 18.8 Å². The Morgan fingerprint density at radius 1 is 1.32 bits per heavy atom. The van der Waals surface area contributed by atoms with Crippen LogP contribution in [0.15, 0.2) is 55.6 Å². The van der Waals surface area contributed by atoms with Gasteiger partial charge in [0.15, 0.2) is 0 Å². The second kappa shape index (κ2) is 8.39. The number of carbonyl (C=O) groups is 1. The zero-order chi connectivity index (χ0) is 15.8. The summed E-state index contributed by atoms with van der Waals surface area (Å²) in [5.74, 6) is 0. The van der Waals surface area contributed by atoms with Crippen LogP contribution in [-0.4, -0.2) is 36.3 Å². The van der Waals surface area contributed by atoms with Crippen molar-refractivity contribution >= 4 is 6.09 Å². The maximum absolute atomic E-state index is 11.9. The Hall–Kier alpha value is -2.07. The largest absolute Gasteiger partial charge is 0.447 e. The molecule has 22 heavy (non-hydrogen) atoms. The Kier molecular flexibility index (Phi) is 6.22. The molecule has 0 N–H and O–H groups in total. The first kappa shape index (κ1) is 16.3. The summed E-state index contributed by atoms with van der Waals surface area (Å²) in [5.41, 5.74) is 1.11. The summed E-state index contributed by atoms with van der Waals surface area (Å²) in [7, 11) is 0. The zero-order valence-electron chi connectivity index (χ0n) is 12.8. The number of cyclic esters (lactones) is 1. The van der Waals surface area contributed by atoms with Crippen LogP contribution in [0, 0.1) is 0 Å². The fourth-order valence-electron chi connectivity index (χ4n) is 2.54. The highest BCUT2D eigenvalue weighted by atomic mass is 16.6. The van der Waals surface area contributed by atoms with Gasteiger partial charge in [-0.3, -0.25) is 4.90 Å². The molecule has 1 amide bonds. The minimum atomic E-state index is -0.274. The average Bonchev–Trinajstić information content (AvgIpc) is 2.91. The van der Waals surface area contributed by atoms with Gasteiger partial charge in [0, 0.05) is 6.54 Å². The SMILES string of the molecule is C=CCCN1C(=O)OC[C@@H]1[C@@H](CC=C)OCc1ccccc1. The first-order chi connectivity index (χ1) is 10.8. The molecule has 0 radical (unpaired) electrons. The molecule has 1 aliphatic heterocycles. The predicted molar refractivity (Wildman–Crippen MR) is 86.5 cm³/mol. The predicted octanol–water partition coefficient (Wildman–Crippen LogP) is 3.54. The van der Waals surface area contributed by atoms with E-state index in [-0.39, 0.29) is 18.2 Å². The van der Waals surface area contributed by atoms with Gasteiger partial charge in [-0.1, -0.05) is 42.5 Å². The molecular formula is C18H23NO3. The number of benzene rings is 1. The fraction of sp³-hybridized carbons (Fsp3) is 0.389. The molecule has 1 heterocycles. The summed E-state index contributed by atoms with van der Waals surface area (Å²) >= 11 is 0. The van der Waals surface area contributed by atoms with Crippen molar-refractivity contribution in [3.63, 3.8) is 0 Å². The lowest BCUT2D eigenvalue weighted by Gasteiger charge is -2.28. The van der Waals surface area contributed by atoms with E-state index in [2.05, 4.69) is 13.2 Å². The van der Waals surface area contributed by atoms with Gasteiger partial charge >= 0.3 is 6.09 Å². The van der Waals surface area contributed by atoms with Gasteiger partial charge < -0.3 is 9.47 Å². The van der Waals surface area contributed by atoms with Crippen LogP contribution in [0.3, 0.4) is 0 Å². The maximum Gasteiger partial charge on any atom is 0.410 e. The van der Waals surface area contributed by atoms with Gasteiger partial charge in [-0.2, -0.15) is 0 Å². The summed E-state index contributed by atoms with van der Waals surface area (Å²) in [6.45, 7) is 8.98. The molecule has 0 aliphatic carbocycles. The maximum atomic E-state index is 11.9. The number of hydrogen-bond donors (Lipinski definition) is 0. The van der Waals surface area contributed by atoms with E-state index in [1.807, 2.05) is 36.4 Å². The van der Waals surface area contributed by atoms with Crippen molar-refractivity contribution in [2.75, 3.05) is 13.2 Å². The molecular weight excluding hydrogens is 278 g/mol. The number of hydrogen-bond acceptors (Lipinski definition) is 3. The third-order valence-corrected chi connectivity index (χ3v) is 3.72. The van der Waals surface area contributed by atoms with E-state index < -0.39 is 0 Å². The normalized spacial score (nSPS) is 18.8. The van der Waals surface area contributed by atoms with E-state index in [0.29, 0.717) is 26.2 Å². The van der Waals surface area contributed by atoms with E-state index in [1.165, 1.54) is 0 Å². The Labute approximate surface area is 132 Å². The molecule has 2 atom stereocenters. The van der Waals surface area contributed by atoms with Crippen LogP contribution >= 0.6 is 0 Å². The van der Waals surface area contributed by atoms with Crippen LogP contribution in [0.2, 0.25) is 0 Å². The van der Waals surface area contributed by atoms with Crippen molar-refractivity contribution in [2.24, 2.45) is 0 Å². The third kappa shape index (κ3) is 4.21. The van der Waals surface area contributed by atoms with Crippen molar-refractivity contribution in [3.05, 3.63) is 61.2 Å².